The van der Waals surface area contributed by atoms with Crippen molar-refractivity contribution in [2.24, 2.45) is 5.73 Å². The average Bonchev–Trinajstić information content (AvgIpc) is 2.03. The van der Waals surface area contributed by atoms with Crippen molar-refractivity contribution >= 4 is 0 Å². The maximum atomic E-state index is 5.26. The first-order chi connectivity index (χ1) is 5.41. The van der Waals surface area contributed by atoms with Crippen molar-refractivity contribution < 1.29 is 0 Å². The fourth-order valence-electron chi connectivity index (χ4n) is 0.889. The fourth-order valence-corrected chi connectivity index (χ4v) is 0.889. The van der Waals surface area contributed by atoms with Crippen LogP contribution >= 0.6 is 0 Å². The Hall–Kier alpha value is -0.500. The number of rotatable bonds is 7. The van der Waals surface area contributed by atoms with Gasteiger partial charge in [-0.25, -0.2) is 0 Å². The molecule has 0 radical (unpaired) electrons. The van der Waals surface area contributed by atoms with Crippen LogP contribution in [0.3, 0.4) is 0 Å². The van der Waals surface area contributed by atoms with Crippen LogP contribution in [0.15, 0.2) is 12.3 Å². The first kappa shape index (κ1) is 10.5. The highest BCUT2D eigenvalue weighted by atomic mass is 14.8. The lowest BCUT2D eigenvalue weighted by molar-refractivity contribution is 0.645. The van der Waals surface area contributed by atoms with Crippen LogP contribution in [0.5, 0.6) is 0 Å². The van der Waals surface area contributed by atoms with Gasteiger partial charge in [-0.05, 0) is 12.6 Å². The second-order valence-corrected chi connectivity index (χ2v) is 2.65. The molecular formula is C9H20N2. The standard InChI is InChI=1S/C9H20N2/c1-2-3-4-5-8-11-9-6-7-10/h6,9,11H,2-5,7-8,10H2,1H3. The zero-order chi connectivity index (χ0) is 8.36. The Bertz CT molecular complexity index is 89.6. The van der Waals surface area contributed by atoms with Crippen molar-refractivity contribution in [3.8, 4) is 0 Å². The van der Waals surface area contributed by atoms with Gasteiger partial charge in [0.05, 0.1) is 0 Å². The van der Waals surface area contributed by atoms with Crippen molar-refractivity contribution in [3.63, 3.8) is 0 Å². The summed E-state index contributed by atoms with van der Waals surface area (Å²) in [6, 6.07) is 0. The Labute approximate surface area is 69.9 Å². The van der Waals surface area contributed by atoms with Gasteiger partial charge in [0.15, 0.2) is 0 Å². The van der Waals surface area contributed by atoms with E-state index in [9.17, 15) is 0 Å². The molecule has 3 N–H and O–H groups in total. The molecule has 0 saturated heterocycles. The highest BCUT2D eigenvalue weighted by Crippen LogP contribution is 1.96. The number of hydrogen-bond acceptors (Lipinski definition) is 2. The van der Waals surface area contributed by atoms with Gasteiger partial charge >= 0.3 is 0 Å². The van der Waals surface area contributed by atoms with Gasteiger partial charge in [-0.2, -0.15) is 0 Å². The molecule has 11 heavy (non-hydrogen) atoms. The molecule has 0 unspecified atom stereocenters. The molecule has 0 bridgehead atoms. The molecule has 2 nitrogen and oxygen atoms in total. The zero-order valence-electron chi connectivity index (χ0n) is 7.47. The highest BCUT2D eigenvalue weighted by Gasteiger charge is 1.83. The van der Waals surface area contributed by atoms with Crippen LogP contribution in [0.4, 0.5) is 0 Å². The summed E-state index contributed by atoms with van der Waals surface area (Å²) in [6.07, 6.45) is 9.12. The minimum Gasteiger partial charge on any atom is -0.391 e. The number of nitrogens with two attached hydrogens (primary N) is 1. The summed E-state index contributed by atoms with van der Waals surface area (Å²) in [5, 5.41) is 3.18. The van der Waals surface area contributed by atoms with Crippen LogP contribution in [0.25, 0.3) is 0 Å². The summed E-state index contributed by atoms with van der Waals surface area (Å²) in [5.41, 5.74) is 5.26. The van der Waals surface area contributed by atoms with Crippen LogP contribution in [0, 0.1) is 0 Å². The third-order valence-electron chi connectivity index (χ3n) is 1.55. The van der Waals surface area contributed by atoms with E-state index in [2.05, 4.69) is 12.2 Å². The minimum absolute atomic E-state index is 0.627. The lowest BCUT2D eigenvalue weighted by atomic mass is 10.2. The molecule has 0 aliphatic heterocycles. The molecule has 0 aliphatic carbocycles. The normalized spacial score (nSPS) is 10.7. The summed E-state index contributed by atoms with van der Waals surface area (Å²) in [7, 11) is 0. The molecule has 0 spiro atoms. The molecule has 2 heteroatoms. The Balaban J connectivity index is 2.85. The molecule has 0 heterocycles. The Morgan fingerprint density at radius 1 is 1.27 bits per heavy atom. The van der Waals surface area contributed by atoms with E-state index in [-0.39, 0.29) is 0 Å². The van der Waals surface area contributed by atoms with Gasteiger partial charge in [-0.15, -0.1) is 0 Å². The van der Waals surface area contributed by atoms with E-state index < -0.39 is 0 Å². The minimum atomic E-state index is 0.627. The molecule has 0 aromatic heterocycles. The monoisotopic (exact) mass is 156 g/mol. The van der Waals surface area contributed by atoms with Crippen molar-refractivity contribution in [3.05, 3.63) is 12.3 Å². The number of nitrogens with one attached hydrogen (secondary N) is 1. The molecule has 0 atom stereocenters. The van der Waals surface area contributed by atoms with Gasteiger partial charge < -0.3 is 11.1 Å². The predicted octanol–water partition coefficient (Wildman–Crippen LogP) is 1.63. The van der Waals surface area contributed by atoms with E-state index in [1.54, 1.807) is 0 Å². The van der Waals surface area contributed by atoms with Gasteiger partial charge in [0.1, 0.15) is 0 Å². The summed E-state index contributed by atoms with van der Waals surface area (Å²) in [4.78, 5) is 0. The molecule has 0 saturated carbocycles. The number of hydrogen-bond donors (Lipinski definition) is 2. The molecule has 0 amide bonds. The topological polar surface area (TPSA) is 38.0 Å². The summed E-state index contributed by atoms with van der Waals surface area (Å²) in [5.74, 6) is 0. The van der Waals surface area contributed by atoms with Crippen LogP contribution in [0.2, 0.25) is 0 Å². The van der Waals surface area contributed by atoms with E-state index in [4.69, 9.17) is 5.73 Å². The Kier molecular flexibility index (Phi) is 9.07. The van der Waals surface area contributed by atoms with E-state index in [0.29, 0.717) is 6.54 Å². The quantitative estimate of drug-likeness (QED) is 0.550. The van der Waals surface area contributed by atoms with Crippen LogP contribution in [-0.2, 0) is 0 Å². The van der Waals surface area contributed by atoms with Gasteiger partial charge in [-0.3, -0.25) is 0 Å². The average molecular weight is 156 g/mol. The van der Waals surface area contributed by atoms with Crippen molar-refractivity contribution in [2.75, 3.05) is 13.1 Å². The third kappa shape index (κ3) is 9.50. The maximum Gasteiger partial charge on any atom is 0.0141 e. The smallest absolute Gasteiger partial charge is 0.0141 e. The predicted molar refractivity (Wildman–Crippen MR) is 50.3 cm³/mol. The zero-order valence-corrected chi connectivity index (χ0v) is 7.47. The summed E-state index contributed by atoms with van der Waals surface area (Å²) >= 11 is 0. The molecule has 0 aromatic rings. The first-order valence-corrected chi connectivity index (χ1v) is 4.50. The molecule has 0 aliphatic rings. The van der Waals surface area contributed by atoms with Crippen molar-refractivity contribution in [2.45, 2.75) is 32.6 Å². The highest BCUT2D eigenvalue weighted by molar-refractivity contribution is 4.79. The molecule has 0 fully saturated rings. The van der Waals surface area contributed by atoms with Crippen molar-refractivity contribution in [1.29, 1.82) is 0 Å². The number of unbranched alkanes of at least 4 members (excludes halogenated alkanes) is 3. The molecular weight excluding hydrogens is 136 g/mol. The second kappa shape index (κ2) is 9.50. The second-order valence-electron chi connectivity index (χ2n) is 2.65. The van der Waals surface area contributed by atoms with Crippen molar-refractivity contribution in [1.82, 2.24) is 5.32 Å². The van der Waals surface area contributed by atoms with Crippen LogP contribution in [0.1, 0.15) is 32.6 Å². The SMILES string of the molecule is CCCCCCNC=CCN. The van der Waals surface area contributed by atoms with Crippen LogP contribution in [-0.4, -0.2) is 13.1 Å². The fraction of sp³-hybridized carbons (Fsp3) is 0.778. The lowest BCUT2D eigenvalue weighted by Gasteiger charge is -1.98. The summed E-state index contributed by atoms with van der Waals surface area (Å²) in [6.45, 7) is 3.93. The van der Waals surface area contributed by atoms with Crippen LogP contribution < -0.4 is 11.1 Å². The first-order valence-electron chi connectivity index (χ1n) is 4.50. The Morgan fingerprint density at radius 3 is 2.73 bits per heavy atom. The van der Waals surface area contributed by atoms with Gasteiger partial charge in [0, 0.05) is 13.1 Å². The van der Waals surface area contributed by atoms with E-state index >= 15 is 0 Å². The maximum absolute atomic E-state index is 5.26. The van der Waals surface area contributed by atoms with E-state index in [1.807, 2.05) is 12.3 Å². The van der Waals surface area contributed by atoms with Gasteiger partial charge in [0.25, 0.3) is 0 Å². The molecule has 66 valence electrons. The van der Waals surface area contributed by atoms with Gasteiger partial charge in [-0.1, -0.05) is 32.3 Å². The van der Waals surface area contributed by atoms with E-state index in [1.165, 1.54) is 25.7 Å². The van der Waals surface area contributed by atoms with Gasteiger partial charge in [0.2, 0.25) is 0 Å². The third-order valence-corrected chi connectivity index (χ3v) is 1.55. The Morgan fingerprint density at radius 2 is 2.09 bits per heavy atom. The molecule has 0 aromatic carbocycles. The summed E-state index contributed by atoms with van der Waals surface area (Å²) < 4.78 is 0. The van der Waals surface area contributed by atoms with E-state index in [0.717, 1.165) is 6.54 Å². The lowest BCUT2D eigenvalue weighted by Crippen LogP contribution is -2.07. The largest absolute Gasteiger partial charge is 0.391 e. The molecule has 0 rings (SSSR count).